The van der Waals surface area contributed by atoms with Crippen LogP contribution < -0.4 is 4.90 Å². The lowest BCUT2D eigenvalue weighted by atomic mass is 9.90. The van der Waals surface area contributed by atoms with E-state index in [1.54, 1.807) is 51.2 Å². The van der Waals surface area contributed by atoms with E-state index in [4.69, 9.17) is 5.26 Å². The lowest BCUT2D eigenvalue weighted by Gasteiger charge is -2.28. The second-order valence-electron chi connectivity index (χ2n) is 6.21. The number of hydrogen-bond acceptors (Lipinski definition) is 4. The van der Waals surface area contributed by atoms with Crippen LogP contribution in [0.3, 0.4) is 0 Å². The molecule has 0 bridgehead atoms. The number of anilines is 1. The minimum atomic E-state index is -1.18. The van der Waals surface area contributed by atoms with Crippen LogP contribution in [0.4, 0.5) is 10.5 Å². The molecule has 1 unspecified atom stereocenters. The third kappa shape index (κ3) is 2.32. The molecule has 126 valence electrons. The topological polar surface area (TPSA) is 84.6 Å². The predicted octanol–water partition coefficient (Wildman–Crippen LogP) is 2.89. The van der Waals surface area contributed by atoms with Gasteiger partial charge in [0.05, 0.1) is 17.3 Å². The monoisotopic (exact) mass is 335 g/mol. The predicted molar refractivity (Wildman–Crippen MR) is 92.0 cm³/mol. The van der Waals surface area contributed by atoms with Crippen molar-refractivity contribution in [2.75, 3.05) is 11.9 Å². The number of aromatic hydroxyl groups is 1. The first-order chi connectivity index (χ1) is 11.8. The van der Waals surface area contributed by atoms with Crippen LogP contribution in [0.1, 0.15) is 23.6 Å². The Morgan fingerprint density at radius 2 is 1.76 bits per heavy atom. The summed E-state index contributed by atoms with van der Waals surface area (Å²) in [5.74, 6) is -0.287. The first-order valence-corrected chi connectivity index (χ1v) is 7.73. The number of carbonyl (C=O) groups is 2. The second-order valence-corrected chi connectivity index (χ2v) is 6.21. The Kier molecular flexibility index (Phi) is 3.73. The largest absolute Gasteiger partial charge is 0.508 e. The van der Waals surface area contributed by atoms with Gasteiger partial charge < -0.3 is 10.0 Å². The van der Waals surface area contributed by atoms with Crippen molar-refractivity contribution in [1.82, 2.24) is 4.90 Å². The number of hydrogen-bond donors (Lipinski definition) is 1. The summed E-state index contributed by atoms with van der Waals surface area (Å²) >= 11 is 0. The van der Waals surface area contributed by atoms with Gasteiger partial charge in [-0.3, -0.25) is 4.79 Å². The van der Waals surface area contributed by atoms with Crippen LogP contribution in [0.2, 0.25) is 0 Å². The number of benzene rings is 2. The van der Waals surface area contributed by atoms with Gasteiger partial charge in [0.1, 0.15) is 11.3 Å². The van der Waals surface area contributed by atoms with E-state index < -0.39 is 11.6 Å². The van der Waals surface area contributed by atoms with Crippen molar-refractivity contribution in [3.05, 3.63) is 59.2 Å². The van der Waals surface area contributed by atoms with E-state index in [2.05, 4.69) is 0 Å². The molecule has 6 nitrogen and oxygen atoms in total. The quantitative estimate of drug-likeness (QED) is 0.855. The number of phenols is 1. The summed E-state index contributed by atoms with van der Waals surface area (Å²) in [7, 11) is 1.58. The number of urea groups is 1. The summed E-state index contributed by atoms with van der Waals surface area (Å²) in [5.41, 5.74) is 1.04. The molecule has 1 N–H and O–H groups in total. The van der Waals surface area contributed by atoms with Crippen LogP contribution in [0, 0.1) is 18.3 Å². The summed E-state index contributed by atoms with van der Waals surface area (Å²) in [4.78, 5) is 28.5. The molecule has 1 atom stereocenters. The summed E-state index contributed by atoms with van der Waals surface area (Å²) in [5, 5.41) is 18.5. The number of aryl methyl sites for hydroxylation is 1. The first kappa shape index (κ1) is 16.5. The molecule has 0 spiro atoms. The number of imide groups is 1. The molecule has 0 aromatic heterocycles. The van der Waals surface area contributed by atoms with Crippen molar-refractivity contribution in [3.63, 3.8) is 0 Å². The molecule has 3 amide bonds. The average Bonchev–Trinajstić information content (AvgIpc) is 2.77. The molecule has 1 saturated heterocycles. The Morgan fingerprint density at radius 1 is 1.12 bits per heavy atom. The van der Waals surface area contributed by atoms with E-state index in [1.165, 1.54) is 17.0 Å². The van der Waals surface area contributed by atoms with E-state index in [1.807, 2.05) is 6.07 Å². The van der Waals surface area contributed by atoms with Gasteiger partial charge in [0.2, 0.25) is 0 Å². The molecule has 3 rings (SSSR count). The van der Waals surface area contributed by atoms with E-state index in [0.717, 1.165) is 4.90 Å². The highest BCUT2D eigenvalue weighted by Crippen LogP contribution is 2.39. The summed E-state index contributed by atoms with van der Waals surface area (Å²) in [6, 6.07) is 12.7. The van der Waals surface area contributed by atoms with Crippen LogP contribution in [-0.4, -0.2) is 29.0 Å². The Bertz CT molecular complexity index is 915. The van der Waals surface area contributed by atoms with Crippen LogP contribution in [0.15, 0.2) is 42.5 Å². The standard InChI is InChI=1S/C19H17N3O3/c1-12-10-13(11-20)4-9-16(12)22-17(24)19(2,21(3)18(22)25)14-5-7-15(23)8-6-14/h4-10,23H,1-3H3. The van der Waals surface area contributed by atoms with Crippen molar-refractivity contribution >= 4 is 17.6 Å². The van der Waals surface area contributed by atoms with Crippen LogP contribution in [0.25, 0.3) is 0 Å². The number of nitriles is 1. The van der Waals surface area contributed by atoms with E-state index in [0.29, 0.717) is 22.4 Å². The van der Waals surface area contributed by atoms with Crippen LogP contribution in [-0.2, 0) is 10.3 Å². The molecular weight excluding hydrogens is 318 g/mol. The minimum Gasteiger partial charge on any atom is -0.508 e. The highest BCUT2D eigenvalue weighted by molar-refractivity contribution is 6.23. The zero-order valence-corrected chi connectivity index (χ0v) is 14.1. The summed E-state index contributed by atoms with van der Waals surface area (Å²) in [6.07, 6.45) is 0. The molecule has 1 fully saturated rings. The zero-order valence-electron chi connectivity index (χ0n) is 14.1. The van der Waals surface area contributed by atoms with Gasteiger partial charge in [-0.15, -0.1) is 0 Å². The third-order valence-corrected chi connectivity index (χ3v) is 4.76. The first-order valence-electron chi connectivity index (χ1n) is 7.73. The maximum atomic E-state index is 13.2. The molecule has 0 saturated carbocycles. The molecule has 0 aliphatic carbocycles. The molecule has 1 aliphatic rings. The van der Waals surface area contributed by atoms with Gasteiger partial charge >= 0.3 is 6.03 Å². The SMILES string of the molecule is Cc1cc(C#N)ccc1N1C(=O)N(C)C(C)(c2ccc(O)cc2)C1=O. The van der Waals surface area contributed by atoms with Gasteiger partial charge in [-0.1, -0.05) is 12.1 Å². The van der Waals surface area contributed by atoms with Crippen molar-refractivity contribution in [1.29, 1.82) is 5.26 Å². The van der Waals surface area contributed by atoms with Crippen molar-refractivity contribution < 1.29 is 14.7 Å². The Labute approximate surface area is 145 Å². The number of phenolic OH excluding ortho intramolecular Hbond substituents is 1. The van der Waals surface area contributed by atoms with E-state index in [-0.39, 0.29) is 11.7 Å². The number of amides is 3. The average molecular weight is 335 g/mol. The molecule has 2 aromatic rings. The maximum absolute atomic E-state index is 13.2. The van der Waals surface area contributed by atoms with Crippen molar-refractivity contribution in [2.45, 2.75) is 19.4 Å². The molecule has 1 heterocycles. The second kappa shape index (κ2) is 5.64. The van der Waals surface area contributed by atoms with Gasteiger partial charge in [0, 0.05) is 7.05 Å². The fraction of sp³-hybridized carbons (Fsp3) is 0.211. The van der Waals surface area contributed by atoms with Gasteiger partial charge in [-0.25, -0.2) is 9.69 Å². The Morgan fingerprint density at radius 3 is 2.32 bits per heavy atom. The Balaban J connectivity index is 2.10. The lowest BCUT2D eigenvalue weighted by Crippen LogP contribution is -2.42. The van der Waals surface area contributed by atoms with E-state index >= 15 is 0 Å². The molecule has 1 aliphatic heterocycles. The third-order valence-electron chi connectivity index (χ3n) is 4.76. The molecule has 2 aromatic carbocycles. The van der Waals surface area contributed by atoms with Gasteiger partial charge in [0.15, 0.2) is 0 Å². The van der Waals surface area contributed by atoms with Gasteiger partial charge in [-0.05, 0) is 55.3 Å². The normalized spacial score (nSPS) is 20.1. The highest BCUT2D eigenvalue weighted by Gasteiger charge is 2.54. The fourth-order valence-corrected chi connectivity index (χ4v) is 3.08. The Hall–Kier alpha value is -3.33. The van der Waals surface area contributed by atoms with Gasteiger partial charge in [-0.2, -0.15) is 5.26 Å². The zero-order chi connectivity index (χ0) is 18.4. The van der Waals surface area contributed by atoms with Gasteiger partial charge in [0.25, 0.3) is 5.91 Å². The summed E-state index contributed by atoms with van der Waals surface area (Å²) < 4.78 is 0. The highest BCUT2D eigenvalue weighted by atomic mass is 16.3. The lowest BCUT2D eigenvalue weighted by molar-refractivity contribution is -0.124. The molecule has 0 radical (unpaired) electrons. The van der Waals surface area contributed by atoms with Crippen LogP contribution in [0.5, 0.6) is 5.75 Å². The minimum absolute atomic E-state index is 0.0894. The molecule has 6 heteroatoms. The van der Waals surface area contributed by atoms with Crippen molar-refractivity contribution in [2.24, 2.45) is 0 Å². The van der Waals surface area contributed by atoms with Crippen LogP contribution >= 0.6 is 0 Å². The fourth-order valence-electron chi connectivity index (χ4n) is 3.08. The number of rotatable bonds is 2. The van der Waals surface area contributed by atoms with Crippen molar-refractivity contribution in [3.8, 4) is 11.8 Å². The summed E-state index contributed by atoms with van der Waals surface area (Å²) in [6.45, 7) is 3.44. The number of likely N-dealkylation sites (N-methyl/N-ethyl adjacent to an activating group) is 1. The van der Waals surface area contributed by atoms with E-state index in [9.17, 15) is 14.7 Å². The molecule has 25 heavy (non-hydrogen) atoms. The smallest absolute Gasteiger partial charge is 0.332 e. The number of carbonyl (C=O) groups excluding carboxylic acids is 2. The maximum Gasteiger partial charge on any atom is 0.332 e. The molecular formula is C19H17N3O3. The number of nitrogens with zero attached hydrogens (tertiary/aromatic N) is 3.